The molecule has 1 unspecified atom stereocenters. The standard InChI is InChI=1S/C11H14O5/c1-11(15,10(13)14)7-16-9-4-2-8(6-12)3-5-9/h2-5,12,15H,6-7H2,1H3,(H,13,14). The van der Waals surface area contributed by atoms with Gasteiger partial charge in [0.2, 0.25) is 0 Å². The van der Waals surface area contributed by atoms with Crippen LogP contribution in [-0.4, -0.2) is 33.5 Å². The number of aliphatic carboxylic acids is 1. The predicted molar refractivity (Wildman–Crippen MR) is 56.1 cm³/mol. The van der Waals surface area contributed by atoms with E-state index in [1.165, 1.54) is 0 Å². The third-order valence-electron chi connectivity index (χ3n) is 2.09. The van der Waals surface area contributed by atoms with Crippen LogP contribution in [0.25, 0.3) is 0 Å². The molecule has 5 nitrogen and oxygen atoms in total. The molecular formula is C11H14O5. The first-order valence-electron chi connectivity index (χ1n) is 4.74. The van der Waals surface area contributed by atoms with E-state index in [2.05, 4.69) is 0 Å². The molecule has 0 saturated heterocycles. The van der Waals surface area contributed by atoms with Gasteiger partial charge in [-0.15, -0.1) is 0 Å². The lowest BCUT2D eigenvalue weighted by molar-refractivity contribution is -0.159. The number of carboxylic acids is 1. The lowest BCUT2D eigenvalue weighted by Crippen LogP contribution is -2.41. The molecule has 5 heteroatoms. The maximum atomic E-state index is 10.6. The Balaban J connectivity index is 2.58. The van der Waals surface area contributed by atoms with Gasteiger partial charge in [0.1, 0.15) is 12.4 Å². The number of rotatable bonds is 5. The van der Waals surface area contributed by atoms with E-state index in [9.17, 15) is 9.90 Å². The van der Waals surface area contributed by atoms with Crippen LogP contribution in [0.2, 0.25) is 0 Å². The summed E-state index contributed by atoms with van der Waals surface area (Å²) in [5.41, 5.74) is -1.17. The van der Waals surface area contributed by atoms with Gasteiger partial charge in [0.15, 0.2) is 5.60 Å². The highest BCUT2D eigenvalue weighted by Crippen LogP contribution is 2.14. The van der Waals surface area contributed by atoms with Crippen molar-refractivity contribution in [3.8, 4) is 5.75 Å². The Morgan fingerprint density at radius 1 is 1.38 bits per heavy atom. The Labute approximate surface area is 92.9 Å². The Morgan fingerprint density at radius 2 is 1.94 bits per heavy atom. The summed E-state index contributed by atoms with van der Waals surface area (Å²) < 4.78 is 5.12. The molecule has 0 amide bonds. The second kappa shape index (κ2) is 4.96. The number of carbonyl (C=O) groups is 1. The normalized spacial score (nSPS) is 14.2. The fourth-order valence-corrected chi connectivity index (χ4v) is 0.977. The number of aliphatic hydroxyl groups excluding tert-OH is 1. The average Bonchev–Trinajstić information content (AvgIpc) is 2.27. The number of carboxylic acid groups (broad SMARTS) is 1. The summed E-state index contributed by atoms with van der Waals surface area (Å²) in [5.74, 6) is -0.891. The molecule has 0 aromatic heterocycles. The fourth-order valence-electron chi connectivity index (χ4n) is 0.977. The van der Waals surface area contributed by atoms with Gasteiger partial charge >= 0.3 is 5.97 Å². The van der Waals surface area contributed by atoms with E-state index >= 15 is 0 Å². The zero-order chi connectivity index (χ0) is 12.2. The molecule has 1 aromatic rings. The van der Waals surface area contributed by atoms with Crippen LogP contribution in [-0.2, 0) is 11.4 Å². The topological polar surface area (TPSA) is 87.0 Å². The first-order valence-corrected chi connectivity index (χ1v) is 4.74. The van der Waals surface area contributed by atoms with Crippen molar-refractivity contribution in [3.63, 3.8) is 0 Å². The van der Waals surface area contributed by atoms with Gasteiger partial charge in [-0.3, -0.25) is 0 Å². The highest BCUT2D eigenvalue weighted by molar-refractivity contribution is 5.76. The van der Waals surface area contributed by atoms with Crippen LogP contribution in [0.4, 0.5) is 0 Å². The van der Waals surface area contributed by atoms with Crippen molar-refractivity contribution in [2.75, 3.05) is 6.61 Å². The minimum absolute atomic E-state index is 0.0624. The van der Waals surface area contributed by atoms with Crippen molar-refractivity contribution >= 4 is 5.97 Å². The molecule has 0 spiro atoms. The van der Waals surface area contributed by atoms with E-state index < -0.39 is 11.6 Å². The molecule has 1 rings (SSSR count). The lowest BCUT2D eigenvalue weighted by atomic mass is 10.1. The Kier molecular flexibility index (Phi) is 3.87. The molecule has 3 N–H and O–H groups in total. The molecule has 0 radical (unpaired) electrons. The second-order valence-corrected chi connectivity index (χ2v) is 3.67. The van der Waals surface area contributed by atoms with Gasteiger partial charge in [-0.25, -0.2) is 4.79 Å². The highest BCUT2D eigenvalue weighted by atomic mass is 16.5. The van der Waals surface area contributed by atoms with Crippen molar-refractivity contribution in [1.82, 2.24) is 0 Å². The summed E-state index contributed by atoms with van der Waals surface area (Å²) in [6, 6.07) is 6.52. The first-order chi connectivity index (χ1) is 7.45. The van der Waals surface area contributed by atoms with Gasteiger partial charge in [-0.05, 0) is 24.6 Å². The fraction of sp³-hybridized carbons (Fsp3) is 0.364. The molecule has 0 heterocycles. The average molecular weight is 226 g/mol. The molecule has 88 valence electrons. The highest BCUT2D eigenvalue weighted by Gasteiger charge is 2.30. The molecule has 0 bridgehead atoms. The minimum Gasteiger partial charge on any atom is -0.490 e. The zero-order valence-electron chi connectivity index (χ0n) is 8.88. The van der Waals surface area contributed by atoms with Crippen molar-refractivity contribution in [2.45, 2.75) is 19.1 Å². The number of benzene rings is 1. The molecule has 0 aliphatic rings. The largest absolute Gasteiger partial charge is 0.490 e. The van der Waals surface area contributed by atoms with Crippen molar-refractivity contribution in [2.24, 2.45) is 0 Å². The van der Waals surface area contributed by atoms with E-state index in [1.807, 2.05) is 0 Å². The lowest BCUT2D eigenvalue weighted by Gasteiger charge is -2.18. The van der Waals surface area contributed by atoms with Crippen LogP contribution in [0.5, 0.6) is 5.75 Å². The third kappa shape index (κ3) is 3.22. The zero-order valence-corrected chi connectivity index (χ0v) is 8.88. The number of ether oxygens (including phenoxy) is 1. The van der Waals surface area contributed by atoms with Gasteiger partial charge in [-0.2, -0.15) is 0 Å². The molecule has 1 atom stereocenters. The maximum absolute atomic E-state index is 10.6. The van der Waals surface area contributed by atoms with Crippen molar-refractivity contribution in [1.29, 1.82) is 0 Å². The van der Waals surface area contributed by atoms with Gasteiger partial charge < -0.3 is 20.1 Å². The van der Waals surface area contributed by atoms with E-state index in [1.54, 1.807) is 24.3 Å². The van der Waals surface area contributed by atoms with Gasteiger partial charge in [0, 0.05) is 0 Å². The first kappa shape index (κ1) is 12.5. The third-order valence-corrected chi connectivity index (χ3v) is 2.09. The molecule has 0 aliphatic carbocycles. The quantitative estimate of drug-likeness (QED) is 0.676. The minimum atomic E-state index is -1.91. The van der Waals surface area contributed by atoms with Gasteiger partial charge in [0.25, 0.3) is 0 Å². The summed E-state index contributed by atoms with van der Waals surface area (Å²) in [4.78, 5) is 10.6. The SMILES string of the molecule is CC(O)(COc1ccc(CO)cc1)C(=O)O. The van der Waals surface area contributed by atoms with Crippen molar-refractivity contribution in [3.05, 3.63) is 29.8 Å². The van der Waals surface area contributed by atoms with E-state index in [-0.39, 0.29) is 13.2 Å². The summed E-state index contributed by atoms with van der Waals surface area (Å²) in [7, 11) is 0. The Morgan fingerprint density at radius 3 is 2.38 bits per heavy atom. The summed E-state index contributed by atoms with van der Waals surface area (Å²) >= 11 is 0. The van der Waals surface area contributed by atoms with E-state index in [0.29, 0.717) is 5.75 Å². The van der Waals surface area contributed by atoms with Crippen LogP contribution in [0, 0.1) is 0 Å². The van der Waals surface area contributed by atoms with E-state index in [4.69, 9.17) is 14.9 Å². The van der Waals surface area contributed by atoms with Crippen LogP contribution in [0.3, 0.4) is 0 Å². The van der Waals surface area contributed by atoms with Crippen LogP contribution in [0.15, 0.2) is 24.3 Å². The predicted octanol–water partition coefficient (Wildman–Crippen LogP) is 0.393. The molecule has 16 heavy (non-hydrogen) atoms. The number of aliphatic hydroxyl groups is 2. The van der Waals surface area contributed by atoms with E-state index in [0.717, 1.165) is 12.5 Å². The maximum Gasteiger partial charge on any atom is 0.339 e. The monoisotopic (exact) mass is 226 g/mol. The molecule has 0 aliphatic heterocycles. The smallest absolute Gasteiger partial charge is 0.339 e. The molecule has 0 fully saturated rings. The molecular weight excluding hydrogens is 212 g/mol. The Hall–Kier alpha value is -1.59. The summed E-state index contributed by atoms with van der Waals surface area (Å²) in [6.07, 6.45) is 0. The summed E-state index contributed by atoms with van der Waals surface area (Å²) in [5, 5.41) is 26.8. The summed E-state index contributed by atoms with van der Waals surface area (Å²) in [6.45, 7) is 0.769. The second-order valence-electron chi connectivity index (χ2n) is 3.67. The van der Waals surface area contributed by atoms with Crippen LogP contribution >= 0.6 is 0 Å². The van der Waals surface area contributed by atoms with Crippen LogP contribution < -0.4 is 4.74 Å². The van der Waals surface area contributed by atoms with Gasteiger partial charge in [-0.1, -0.05) is 12.1 Å². The number of hydrogen-bond acceptors (Lipinski definition) is 4. The van der Waals surface area contributed by atoms with Gasteiger partial charge in [0.05, 0.1) is 6.61 Å². The molecule has 1 aromatic carbocycles. The Bertz CT molecular complexity index is 355. The van der Waals surface area contributed by atoms with Crippen molar-refractivity contribution < 1.29 is 24.9 Å². The van der Waals surface area contributed by atoms with Crippen LogP contribution in [0.1, 0.15) is 12.5 Å². The number of hydrogen-bond donors (Lipinski definition) is 3. The molecule has 0 saturated carbocycles.